The number of rotatable bonds is 6. The molecule has 0 saturated heterocycles. The highest BCUT2D eigenvalue weighted by Crippen LogP contribution is 2.25. The number of amides is 1. The summed E-state index contributed by atoms with van der Waals surface area (Å²) in [4.78, 5) is 28.1. The quantitative estimate of drug-likeness (QED) is 0.353. The molecule has 0 saturated carbocycles. The summed E-state index contributed by atoms with van der Waals surface area (Å²) >= 11 is 6.12. The minimum atomic E-state index is -0.478. The zero-order chi connectivity index (χ0) is 20.1. The van der Waals surface area contributed by atoms with Gasteiger partial charge in [-0.2, -0.15) is 4.98 Å². The fraction of sp³-hybridized carbons (Fsp3) is 0.105. The predicted molar refractivity (Wildman–Crippen MR) is 103 cm³/mol. The summed E-state index contributed by atoms with van der Waals surface area (Å²) in [6, 6.07) is 13.0. The molecule has 0 spiro atoms. The zero-order valence-electron chi connectivity index (χ0n) is 14.8. The lowest BCUT2D eigenvalue weighted by Gasteiger charge is -2.11. The van der Waals surface area contributed by atoms with E-state index in [1.165, 1.54) is 23.1 Å². The SMILES string of the molecule is CN(Cc1nc(-c2ccccc2Cl)no1)C(=O)/C=C/c1ccc([N+](=O)[O-])cc1. The lowest BCUT2D eigenvalue weighted by molar-refractivity contribution is -0.384. The number of carbonyl (C=O) groups is 1. The summed E-state index contributed by atoms with van der Waals surface area (Å²) in [5.41, 5.74) is 1.31. The van der Waals surface area contributed by atoms with Crippen LogP contribution in [0.1, 0.15) is 11.5 Å². The summed E-state index contributed by atoms with van der Waals surface area (Å²) < 4.78 is 5.19. The van der Waals surface area contributed by atoms with Crippen LogP contribution in [0.5, 0.6) is 0 Å². The average Bonchev–Trinajstić information content (AvgIpc) is 3.14. The van der Waals surface area contributed by atoms with E-state index in [-0.39, 0.29) is 24.0 Å². The average molecular weight is 399 g/mol. The molecule has 3 rings (SSSR count). The molecule has 0 aliphatic rings. The van der Waals surface area contributed by atoms with Crippen molar-refractivity contribution in [2.45, 2.75) is 6.54 Å². The van der Waals surface area contributed by atoms with E-state index in [2.05, 4.69) is 10.1 Å². The number of nitrogens with zero attached hydrogens (tertiary/aromatic N) is 4. The van der Waals surface area contributed by atoms with Gasteiger partial charge >= 0.3 is 0 Å². The molecule has 3 aromatic rings. The number of benzene rings is 2. The minimum absolute atomic E-state index is 0.00804. The van der Waals surface area contributed by atoms with E-state index in [1.807, 2.05) is 6.07 Å². The normalized spacial score (nSPS) is 10.9. The van der Waals surface area contributed by atoms with E-state index in [1.54, 1.807) is 43.5 Å². The third-order valence-corrected chi connectivity index (χ3v) is 4.18. The first-order valence-electron chi connectivity index (χ1n) is 8.19. The van der Waals surface area contributed by atoms with Crippen LogP contribution in [0, 0.1) is 10.1 Å². The fourth-order valence-electron chi connectivity index (χ4n) is 2.35. The van der Waals surface area contributed by atoms with Crippen LogP contribution in [0.25, 0.3) is 17.5 Å². The van der Waals surface area contributed by atoms with Gasteiger partial charge in [-0.1, -0.05) is 28.9 Å². The number of aromatic nitrogens is 2. The second-order valence-corrected chi connectivity index (χ2v) is 6.28. The van der Waals surface area contributed by atoms with Crippen molar-refractivity contribution in [3.8, 4) is 11.4 Å². The topological polar surface area (TPSA) is 102 Å². The Morgan fingerprint density at radius 2 is 1.96 bits per heavy atom. The molecule has 1 aromatic heterocycles. The Bertz CT molecular complexity index is 1030. The van der Waals surface area contributed by atoms with Gasteiger partial charge in [0.05, 0.1) is 16.5 Å². The van der Waals surface area contributed by atoms with Gasteiger partial charge in [0.15, 0.2) is 0 Å². The summed E-state index contributed by atoms with van der Waals surface area (Å²) in [5.74, 6) is 0.341. The lowest BCUT2D eigenvalue weighted by atomic mass is 10.2. The van der Waals surface area contributed by atoms with Gasteiger partial charge in [0.25, 0.3) is 5.69 Å². The second-order valence-electron chi connectivity index (χ2n) is 5.87. The molecule has 0 N–H and O–H groups in total. The minimum Gasteiger partial charge on any atom is -0.337 e. The fourth-order valence-corrected chi connectivity index (χ4v) is 2.57. The summed E-state index contributed by atoms with van der Waals surface area (Å²) in [6.07, 6.45) is 2.94. The molecule has 0 aliphatic carbocycles. The molecule has 0 fully saturated rings. The summed E-state index contributed by atoms with van der Waals surface area (Å²) in [7, 11) is 1.60. The zero-order valence-corrected chi connectivity index (χ0v) is 15.5. The third-order valence-electron chi connectivity index (χ3n) is 3.85. The van der Waals surface area contributed by atoms with E-state index in [0.29, 0.717) is 22.0 Å². The number of nitro groups is 1. The van der Waals surface area contributed by atoms with Gasteiger partial charge in [0.2, 0.25) is 17.6 Å². The molecule has 0 radical (unpaired) electrons. The van der Waals surface area contributed by atoms with E-state index in [4.69, 9.17) is 16.1 Å². The molecular formula is C19H15ClN4O4. The number of likely N-dealkylation sites (N-methyl/N-ethyl adjacent to an activating group) is 1. The highest BCUT2D eigenvalue weighted by atomic mass is 35.5. The van der Waals surface area contributed by atoms with Gasteiger partial charge in [0.1, 0.15) is 0 Å². The van der Waals surface area contributed by atoms with Crippen LogP contribution in [0.15, 0.2) is 59.1 Å². The van der Waals surface area contributed by atoms with Crippen molar-refractivity contribution in [1.82, 2.24) is 15.0 Å². The first-order valence-corrected chi connectivity index (χ1v) is 8.57. The molecule has 0 unspecified atom stereocenters. The molecule has 1 amide bonds. The van der Waals surface area contributed by atoms with Crippen LogP contribution in [0.2, 0.25) is 5.02 Å². The monoisotopic (exact) mass is 398 g/mol. The highest BCUT2D eigenvalue weighted by molar-refractivity contribution is 6.33. The highest BCUT2D eigenvalue weighted by Gasteiger charge is 2.14. The van der Waals surface area contributed by atoms with Crippen molar-refractivity contribution in [2.24, 2.45) is 0 Å². The van der Waals surface area contributed by atoms with Crippen molar-refractivity contribution in [3.63, 3.8) is 0 Å². The van der Waals surface area contributed by atoms with E-state index >= 15 is 0 Å². The maximum atomic E-state index is 12.2. The number of carbonyl (C=O) groups excluding carboxylic acids is 1. The Labute approximate surface area is 165 Å². The van der Waals surface area contributed by atoms with E-state index in [9.17, 15) is 14.9 Å². The first-order chi connectivity index (χ1) is 13.4. The summed E-state index contributed by atoms with van der Waals surface area (Å²) in [6.45, 7) is 0.126. The molecule has 9 heteroatoms. The van der Waals surface area contributed by atoms with Crippen LogP contribution in [0.3, 0.4) is 0 Å². The molecule has 1 heterocycles. The first kappa shape index (κ1) is 19.2. The van der Waals surface area contributed by atoms with E-state index in [0.717, 1.165) is 0 Å². The van der Waals surface area contributed by atoms with Gasteiger partial charge in [-0.15, -0.1) is 0 Å². The van der Waals surface area contributed by atoms with Gasteiger partial charge in [0, 0.05) is 30.8 Å². The molecule has 142 valence electrons. The van der Waals surface area contributed by atoms with Gasteiger partial charge < -0.3 is 9.42 Å². The number of hydrogen-bond acceptors (Lipinski definition) is 6. The molecular weight excluding hydrogens is 384 g/mol. The van der Waals surface area contributed by atoms with Crippen LogP contribution < -0.4 is 0 Å². The van der Waals surface area contributed by atoms with Crippen LogP contribution >= 0.6 is 11.6 Å². The van der Waals surface area contributed by atoms with Gasteiger partial charge in [-0.05, 0) is 35.9 Å². The third kappa shape index (κ3) is 4.60. The maximum Gasteiger partial charge on any atom is 0.269 e. The standard InChI is InChI=1S/C19H15ClN4O4/c1-23(18(25)11-8-13-6-9-14(10-7-13)24(26)27)12-17-21-19(22-28-17)15-4-2-3-5-16(15)20/h2-11H,12H2,1H3/b11-8+. The Morgan fingerprint density at radius 3 is 2.64 bits per heavy atom. The molecule has 8 nitrogen and oxygen atoms in total. The van der Waals surface area contributed by atoms with Crippen molar-refractivity contribution >= 4 is 29.3 Å². The van der Waals surface area contributed by atoms with Crippen molar-refractivity contribution in [3.05, 3.63) is 81.2 Å². The van der Waals surface area contributed by atoms with Crippen LogP contribution in [-0.4, -0.2) is 32.9 Å². The Kier molecular flexibility index (Phi) is 5.81. The maximum absolute atomic E-state index is 12.2. The van der Waals surface area contributed by atoms with Crippen molar-refractivity contribution < 1.29 is 14.2 Å². The Hall–Kier alpha value is -3.52. The molecule has 0 atom stereocenters. The van der Waals surface area contributed by atoms with Crippen molar-refractivity contribution in [1.29, 1.82) is 0 Å². The van der Waals surface area contributed by atoms with Crippen LogP contribution in [0.4, 0.5) is 5.69 Å². The number of non-ortho nitro benzene ring substituents is 1. The van der Waals surface area contributed by atoms with Gasteiger partial charge in [-0.3, -0.25) is 14.9 Å². The van der Waals surface area contributed by atoms with Crippen LogP contribution in [-0.2, 0) is 11.3 Å². The smallest absolute Gasteiger partial charge is 0.269 e. The van der Waals surface area contributed by atoms with Gasteiger partial charge in [-0.25, -0.2) is 0 Å². The predicted octanol–water partition coefficient (Wildman–Crippen LogP) is 3.97. The molecule has 0 aliphatic heterocycles. The molecule has 2 aromatic carbocycles. The number of nitro benzene ring substituents is 1. The lowest BCUT2D eigenvalue weighted by Crippen LogP contribution is -2.24. The molecule has 28 heavy (non-hydrogen) atoms. The Balaban J connectivity index is 1.63. The van der Waals surface area contributed by atoms with E-state index < -0.39 is 4.92 Å². The number of halogens is 1. The summed E-state index contributed by atoms with van der Waals surface area (Å²) in [5, 5.41) is 15.1. The largest absolute Gasteiger partial charge is 0.337 e. The van der Waals surface area contributed by atoms with Crippen molar-refractivity contribution in [2.75, 3.05) is 7.05 Å². The Morgan fingerprint density at radius 1 is 1.25 bits per heavy atom. The number of hydrogen-bond donors (Lipinski definition) is 0. The molecule has 0 bridgehead atoms. The second kappa shape index (κ2) is 8.45.